The molecule has 0 saturated heterocycles. The SMILES string of the molecule is COCCN(CC(=O)Nc1ccccc1Br)CC(F)(F)F. The number of carbonyl (C=O) groups is 1. The van der Waals surface area contributed by atoms with Crippen LogP contribution in [0.15, 0.2) is 28.7 Å². The normalized spacial score (nSPS) is 11.7. The molecule has 1 amide bonds. The van der Waals surface area contributed by atoms with Gasteiger partial charge in [-0.1, -0.05) is 12.1 Å². The number of nitrogens with zero attached hydrogens (tertiary/aromatic N) is 1. The molecule has 0 radical (unpaired) electrons. The molecule has 1 N–H and O–H groups in total. The maximum absolute atomic E-state index is 12.5. The van der Waals surface area contributed by atoms with Crippen LogP contribution in [0, 0.1) is 0 Å². The molecule has 0 bridgehead atoms. The van der Waals surface area contributed by atoms with E-state index in [9.17, 15) is 18.0 Å². The molecule has 4 nitrogen and oxygen atoms in total. The molecular weight excluding hydrogens is 353 g/mol. The van der Waals surface area contributed by atoms with Crippen molar-refractivity contribution < 1.29 is 22.7 Å². The number of carbonyl (C=O) groups excluding carboxylic acids is 1. The molecular formula is C13H16BrF3N2O2. The van der Waals surface area contributed by atoms with Gasteiger partial charge in [0.15, 0.2) is 0 Å². The van der Waals surface area contributed by atoms with Crippen molar-refractivity contribution >= 4 is 27.5 Å². The molecule has 118 valence electrons. The number of nitrogens with one attached hydrogen (secondary N) is 1. The largest absolute Gasteiger partial charge is 0.401 e. The number of amides is 1. The Kier molecular flexibility index (Phi) is 7.13. The molecule has 0 aliphatic heterocycles. The monoisotopic (exact) mass is 368 g/mol. The first-order valence-electron chi connectivity index (χ1n) is 6.14. The Morgan fingerprint density at radius 2 is 2.05 bits per heavy atom. The lowest BCUT2D eigenvalue weighted by Crippen LogP contribution is -2.41. The molecule has 0 heterocycles. The Hall–Kier alpha value is -1.12. The quantitative estimate of drug-likeness (QED) is 0.804. The minimum atomic E-state index is -4.36. The van der Waals surface area contributed by atoms with Crippen LogP contribution in [0.2, 0.25) is 0 Å². The summed E-state index contributed by atoms with van der Waals surface area (Å²) < 4.78 is 42.8. The fraction of sp³-hybridized carbons (Fsp3) is 0.462. The van der Waals surface area contributed by atoms with E-state index in [1.54, 1.807) is 24.3 Å². The van der Waals surface area contributed by atoms with Gasteiger partial charge >= 0.3 is 6.18 Å². The van der Waals surface area contributed by atoms with E-state index in [4.69, 9.17) is 4.74 Å². The molecule has 1 aromatic carbocycles. The minimum Gasteiger partial charge on any atom is -0.383 e. The van der Waals surface area contributed by atoms with Crippen LogP contribution in [0.5, 0.6) is 0 Å². The highest BCUT2D eigenvalue weighted by Crippen LogP contribution is 2.21. The van der Waals surface area contributed by atoms with Crippen molar-refractivity contribution in [3.8, 4) is 0 Å². The molecule has 0 spiro atoms. The highest BCUT2D eigenvalue weighted by atomic mass is 79.9. The van der Waals surface area contributed by atoms with Gasteiger partial charge in [0.05, 0.1) is 25.4 Å². The van der Waals surface area contributed by atoms with Crippen LogP contribution in [0.25, 0.3) is 0 Å². The van der Waals surface area contributed by atoms with E-state index in [-0.39, 0.29) is 19.7 Å². The van der Waals surface area contributed by atoms with Crippen molar-refractivity contribution in [3.63, 3.8) is 0 Å². The Balaban J connectivity index is 2.61. The van der Waals surface area contributed by atoms with Gasteiger partial charge in [-0.05, 0) is 28.1 Å². The first-order valence-corrected chi connectivity index (χ1v) is 6.93. The second kappa shape index (κ2) is 8.35. The number of ether oxygens (including phenoxy) is 1. The number of hydrogen-bond donors (Lipinski definition) is 1. The molecule has 1 rings (SSSR count). The third-order valence-electron chi connectivity index (χ3n) is 2.53. The Morgan fingerprint density at radius 3 is 2.62 bits per heavy atom. The first-order chi connectivity index (χ1) is 9.81. The zero-order valence-electron chi connectivity index (χ0n) is 11.4. The van der Waals surface area contributed by atoms with Gasteiger partial charge in [0.2, 0.25) is 5.91 Å². The number of rotatable bonds is 7. The van der Waals surface area contributed by atoms with Crippen molar-refractivity contribution in [3.05, 3.63) is 28.7 Å². The molecule has 0 atom stereocenters. The number of methoxy groups -OCH3 is 1. The smallest absolute Gasteiger partial charge is 0.383 e. The Bertz CT molecular complexity index is 469. The summed E-state index contributed by atoms with van der Waals surface area (Å²) in [6.45, 7) is -1.36. The van der Waals surface area contributed by atoms with Crippen molar-refractivity contribution in [2.75, 3.05) is 38.7 Å². The molecule has 21 heavy (non-hydrogen) atoms. The van der Waals surface area contributed by atoms with Gasteiger partial charge in [0, 0.05) is 18.1 Å². The lowest BCUT2D eigenvalue weighted by molar-refractivity contribution is -0.149. The van der Waals surface area contributed by atoms with Crippen molar-refractivity contribution in [2.24, 2.45) is 0 Å². The third kappa shape index (κ3) is 7.45. The topological polar surface area (TPSA) is 41.6 Å². The van der Waals surface area contributed by atoms with Gasteiger partial charge < -0.3 is 10.1 Å². The van der Waals surface area contributed by atoms with Gasteiger partial charge in [-0.15, -0.1) is 0 Å². The summed E-state index contributed by atoms with van der Waals surface area (Å²) in [5.74, 6) is -0.512. The summed E-state index contributed by atoms with van der Waals surface area (Å²) in [6.07, 6.45) is -4.36. The fourth-order valence-corrected chi connectivity index (χ4v) is 2.03. The third-order valence-corrected chi connectivity index (χ3v) is 3.22. The van der Waals surface area contributed by atoms with Gasteiger partial charge in [-0.2, -0.15) is 13.2 Å². The summed E-state index contributed by atoms with van der Waals surface area (Å²) >= 11 is 3.25. The average molecular weight is 369 g/mol. The zero-order valence-corrected chi connectivity index (χ0v) is 13.0. The van der Waals surface area contributed by atoms with E-state index in [1.807, 2.05) is 0 Å². The highest BCUT2D eigenvalue weighted by molar-refractivity contribution is 9.10. The number of hydrogen-bond acceptors (Lipinski definition) is 3. The van der Waals surface area contributed by atoms with Crippen LogP contribution in [-0.2, 0) is 9.53 Å². The van der Waals surface area contributed by atoms with Crippen LogP contribution in [0.3, 0.4) is 0 Å². The van der Waals surface area contributed by atoms with Gasteiger partial charge in [0.1, 0.15) is 0 Å². The van der Waals surface area contributed by atoms with Gasteiger partial charge in [-0.3, -0.25) is 9.69 Å². The van der Waals surface area contributed by atoms with Crippen LogP contribution in [0.4, 0.5) is 18.9 Å². The van der Waals surface area contributed by atoms with Crippen molar-refractivity contribution in [2.45, 2.75) is 6.18 Å². The van der Waals surface area contributed by atoms with E-state index >= 15 is 0 Å². The summed E-state index contributed by atoms with van der Waals surface area (Å²) in [7, 11) is 1.40. The summed E-state index contributed by atoms with van der Waals surface area (Å²) in [6, 6.07) is 6.88. The van der Waals surface area contributed by atoms with E-state index in [2.05, 4.69) is 21.2 Å². The summed E-state index contributed by atoms with van der Waals surface area (Å²) in [4.78, 5) is 12.8. The van der Waals surface area contributed by atoms with E-state index < -0.39 is 18.6 Å². The number of alkyl halides is 3. The molecule has 1 aromatic rings. The fourth-order valence-electron chi connectivity index (χ4n) is 1.64. The standard InChI is InChI=1S/C13H16BrF3N2O2/c1-21-7-6-19(9-13(15,16)17)8-12(20)18-11-5-3-2-4-10(11)14/h2-5H,6-9H2,1H3,(H,18,20). The number of para-hydroxylation sites is 1. The number of benzene rings is 1. The van der Waals surface area contributed by atoms with E-state index in [1.165, 1.54) is 7.11 Å². The van der Waals surface area contributed by atoms with E-state index in [0.717, 1.165) is 4.90 Å². The second-order valence-corrected chi connectivity index (χ2v) is 5.20. The zero-order chi connectivity index (χ0) is 15.9. The van der Waals surface area contributed by atoms with Gasteiger partial charge in [0.25, 0.3) is 0 Å². The molecule has 0 aliphatic rings. The Labute approximate surface area is 129 Å². The summed E-state index contributed by atoms with van der Waals surface area (Å²) in [5, 5.41) is 2.57. The maximum Gasteiger partial charge on any atom is 0.401 e. The van der Waals surface area contributed by atoms with Crippen molar-refractivity contribution in [1.29, 1.82) is 0 Å². The van der Waals surface area contributed by atoms with Crippen molar-refractivity contribution in [1.82, 2.24) is 4.90 Å². The average Bonchev–Trinajstić information content (AvgIpc) is 2.37. The molecule has 8 heteroatoms. The first kappa shape index (κ1) is 17.9. The molecule has 0 saturated carbocycles. The van der Waals surface area contributed by atoms with E-state index in [0.29, 0.717) is 10.2 Å². The van der Waals surface area contributed by atoms with Crippen LogP contribution < -0.4 is 5.32 Å². The predicted octanol–water partition coefficient (Wildman–Crippen LogP) is 2.90. The predicted molar refractivity (Wildman–Crippen MR) is 77.1 cm³/mol. The van der Waals surface area contributed by atoms with Crippen LogP contribution >= 0.6 is 15.9 Å². The van der Waals surface area contributed by atoms with Gasteiger partial charge in [-0.25, -0.2) is 0 Å². The number of halogens is 4. The molecule has 0 fully saturated rings. The molecule has 0 aromatic heterocycles. The highest BCUT2D eigenvalue weighted by Gasteiger charge is 2.31. The summed E-state index contributed by atoms with van der Waals surface area (Å²) in [5.41, 5.74) is 0.515. The lowest BCUT2D eigenvalue weighted by Gasteiger charge is -2.22. The molecule has 0 unspecified atom stereocenters. The molecule has 0 aliphatic carbocycles. The second-order valence-electron chi connectivity index (χ2n) is 4.35. The minimum absolute atomic E-state index is 0.0272. The Morgan fingerprint density at radius 1 is 1.38 bits per heavy atom. The lowest BCUT2D eigenvalue weighted by atomic mass is 10.3. The van der Waals surface area contributed by atoms with Crippen LogP contribution in [-0.4, -0.2) is 50.3 Å². The number of anilines is 1. The maximum atomic E-state index is 12.5. The van der Waals surface area contributed by atoms with Crippen LogP contribution in [0.1, 0.15) is 0 Å².